The minimum atomic E-state index is -3.54. The third-order valence-electron chi connectivity index (χ3n) is 3.81. The zero-order valence-corrected chi connectivity index (χ0v) is 15.3. The quantitative estimate of drug-likeness (QED) is 0.765. The minimum Gasteiger partial charge on any atom is -0.379 e. The third kappa shape index (κ3) is 3.77. The lowest BCUT2D eigenvalue weighted by Crippen LogP contribution is -2.40. The predicted molar refractivity (Wildman–Crippen MR) is 93.5 cm³/mol. The lowest BCUT2D eigenvalue weighted by molar-refractivity contribution is 0.0730. The van der Waals surface area contributed by atoms with Gasteiger partial charge in [-0.2, -0.15) is 4.31 Å². The van der Waals surface area contributed by atoms with Crippen molar-refractivity contribution in [1.82, 2.24) is 8.87 Å². The van der Waals surface area contributed by atoms with Gasteiger partial charge in [0.05, 0.1) is 24.7 Å². The van der Waals surface area contributed by atoms with Gasteiger partial charge >= 0.3 is 0 Å². The van der Waals surface area contributed by atoms with Crippen LogP contribution in [-0.4, -0.2) is 43.6 Å². The Morgan fingerprint density at radius 3 is 2.62 bits per heavy atom. The van der Waals surface area contributed by atoms with Crippen LogP contribution in [0.5, 0.6) is 0 Å². The zero-order valence-electron chi connectivity index (χ0n) is 12.9. The number of sulfonamides is 1. The van der Waals surface area contributed by atoms with Crippen molar-refractivity contribution in [3.8, 4) is 0 Å². The van der Waals surface area contributed by atoms with Gasteiger partial charge in [-0.25, -0.2) is 8.42 Å². The molecule has 2 heterocycles. The fourth-order valence-electron chi connectivity index (χ4n) is 2.56. The Labute approximate surface area is 148 Å². The van der Waals surface area contributed by atoms with Crippen LogP contribution in [0.3, 0.4) is 0 Å². The fraction of sp³-hybridized carbons (Fsp3) is 0.312. The van der Waals surface area contributed by atoms with Crippen LogP contribution in [0.25, 0.3) is 0 Å². The van der Waals surface area contributed by atoms with Crippen LogP contribution in [0.2, 0.25) is 0 Å². The highest BCUT2D eigenvalue weighted by Gasteiger charge is 2.26. The van der Waals surface area contributed by atoms with E-state index in [1.54, 1.807) is 30.5 Å². The maximum absolute atomic E-state index is 12.7. The van der Waals surface area contributed by atoms with Gasteiger partial charge in [-0.3, -0.25) is 4.79 Å². The molecule has 6 nitrogen and oxygen atoms in total. The number of hydrogen-bond donors (Lipinski definition) is 0. The lowest BCUT2D eigenvalue weighted by atomic mass is 10.2. The van der Waals surface area contributed by atoms with E-state index in [-0.39, 0.29) is 10.5 Å². The van der Waals surface area contributed by atoms with Gasteiger partial charge < -0.3 is 9.30 Å². The molecule has 1 aromatic heterocycles. The molecule has 1 aromatic carbocycles. The molecular formula is C16H17BrN2O4S. The topological polar surface area (TPSA) is 68.6 Å². The van der Waals surface area contributed by atoms with Crippen LogP contribution in [0.1, 0.15) is 5.56 Å². The van der Waals surface area contributed by atoms with Gasteiger partial charge in [0.25, 0.3) is 5.56 Å². The normalized spacial score (nSPS) is 16.2. The minimum absolute atomic E-state index is 0.139. The Hall–Kier alpha value is -1.48. The van der Waals surface area contributed by atoms with Crippen molar-refractivity contribution in [3.05, 3.63) is 63.0 Å². The second kappa shape index (κ2) is 7.18. The van der Waals surface area contributed by atoms with Gasteiger partial charge in [0, 0.05) is 29.8 Å². The molecule has 1 aliphatic heterocycles. The van der Waals surface area contributed by atoms with Gasteiger partial charge in [0.15, 0.2) is 0 Å². The van der Waals surface area contributed by atoms with Crippen molar-refractivity contribution in [2.75, 3.05) is 26.3 Å². The molecule has 0 saturated carbocycles. The molecule has 1 aliphatic rings. The third-order valence-corrected chi connectivity index (χ3v) is 6.17. The van der Waals surface area contributed by atoms with E-state index < -0.39 is 10.0 Å². The molecule has 0 atom stereocenters. The van der Waals surface area contributed by atoms with Gasteiger partial charge in [0.2, 0.25) is 10.0 Å². The van der Waals surface area contributed by atoms with E-state index in [1.165, 1.54) is 14.9 Å². The molecule has 1 fully saturated rings. The van der Waals surface area contributed by atoms with Crippen LogP contribution < -0.4 is 5.56 Å². The maximum atomic E-state index is 12.7. The van der Waals surface area contributed by atoms with Crippen LogP contribution in [0.4, 0.5) is 0 Å². The molecule has 0 radical (unpaired) electrons. The number of hydrogen-bond acceptors (Lipinski definition) is 4. The first-order valence-electron chi connectivity index (χ1n) is 7.50. The number of aromatic nitrogens is 1. The van der Waals surface area contributed by atoms with Crippen LogP contribution >= 0.6 is 15.9 Å². The maximum Gasteiger partial charge on any atom is 0.250 e. The van der Waals surface area contributed by atoms with Gasteiger partial charge in [-0.15, -0.1) is 0 Å². The van der Waals surface area contributed by atoms with Gasteiger partial charge in [0.1, 0.15) is 0 Å². The summed E-state index contributed by atoms with van der Waals surface area (Å²) in [5.41, 5.74) is 0.615. The average Bonchev–Trinajstić information content (AvgIpc) is 2.59. The molecule has 3 rings (SSSR count). The first-order valence-corrected chi connectivity index (χ1v) is 9.73. The van der Waals surface area contributed by atoms with E-state index in [4.69, 9.17) is 4.74 Å². The molecule has 0 bridgehead atoms. The summed E-state index contributed by atoms with van der Waals surface area (Å²) < 4.78 is 34.4. The van der Waals surface area contributed by atoms with E-state index in [1.807, 2.05) is 6.07 Å². The Bertz CT molecular complexity index is 889. The van der Waals surface area contributed by atoms with E-state index in [0.717, 1.165) is 10.0 Å². The Kier molecular flexibility index (Phi) is 5.19. The number of halogens is 1. The van der Waals surface area contributed by atoms with Crippen molar-refractivity contribution in [3.63, 3.8) is 0 Å². The van der Waals surface area contributed by atoms with Gasteiger partial charge in [-0.05, 0) is 39.7 Å². The first kappa shape index (κ1) is 17.3. The summed E-state index contributed by atoms with van der Waals surface area (Å²) >= 11 is 3.33. The fourth-order valence-corrected chi connectivity index (χ4v) is 4.42. The second-order valence-electron chi connectivity index (χ2n) is 5.48. The Morgan fingerprint density at radius 2 is 1.88 bits per heavy atom. The van der Waals surface area contributed by atoms with E-state index >= 15 is 0 Å². The summed E-state index contributed by atoms with van der Waals surface area (Å²) in [5, 5.41) is 0. The highest BCUT2D eigenvalue weighted by molar-refractivity contribution is 9.10. The average molecular weight is 413 g/mol. The lowest BCUT2D eigenvalue weighted by Gasteiger charge is -2.26. The van der Waals surface area contributed by atoms with E-state index in [0.29, 0.717) is 32.8 Å². The largest absolute Gasteiger partial charge is 0.379 e. The van der Waals surface area contributed by atoms with Crippen molar-refractivity contribution in [1.29, 1.82) is 0 Å². The SMILES string of the molecule is O=c1ccc(Br)cn1Cc1cccc(S(=O)(=O)N2CCOCC2)c1. The van der Waals surface area contributed by atoms with E-state index in [9.17, 15) is 13.2 Å². The van der Waals surface area contributed by atoms with Crippen LogP contribution in [0.15, 0.2) is 56.8 Å². The number of benzene rings is 1. The Morgan fingerprint density at radius 1 is 1.12 bits per heavy atom. The summed E-state index contributed by atoms with van der Waals surface area (Å²) in [6.45, 7) is 1.85. The number of morpholine rings is 1. The molecule has 8 heteroatoms. The summed E-state index contributed by atoms with van der Waals surface area (Å²) in [5.74, 6) is 0. The second-order valence-corrected chi connectivity index (χ2v) is 8.33. The summed E-state index contributed by atoms with van der Waals surface area (Å²) in [4.78, 5) is 12.1. The molecule has 0 amide bonds. The van der Waals surface area contributed by atoms with Crippen molar-refractivity contribution >= 4 is 26.0 Å². The molecule has 1 saturated heterocycles. The molecule has 0 aliphatic carbocycles. The summed E-state index contributed by atoms with van der Waals surface area (Å²) in [6, 6.07) is 9.87. The molecule has 0 unspecified atom stereocenters. The van der Waals surface area contributed by atoms with Crippen molar-refractivity contribution in [2.45, 2.75) is 11.4 Å². The molecule has 0 N–H and O–H groups in total. The van der Waals surface area contributed by atoms with Crippen molar-refractivity contribution in [2.24, 2.45) is 0 Å². The van der Waals surface area contributed by atoms with E-state index in [2.05, 4.69) is 15.9 Å². The monoisotopic (exact) mass is 412 g/mol. The molecule has 0 spiro atoms. The van der Waals surface area contributed by atoms with Crippen molar-refractivity contribution < 1.29 is 13.2 Å². The molecular weight excluding hydrogens is 396 g/mol. The highest BCUT2D eigenvalue weighted by Crippen LogP contribution is 2.19. The van der Waals surface area contributed by atoms with Crippen LogP contribution in [-0.2, 0) is 21.3 Å². The highest BCUT2D eigenvalue weighted by atomic mass is 79.9. The number of ether oxygens (including phenoxy) is 1. The Balaban J connectivity index is 1.89. The summed E-state index contributed by atoms with van der Waals surface area (Å²) in [6.07, 6.45) is 1.69. The zero-order chi connectivity index (χ0) is 17.2. The smallest absolute Gasteiger partial charge is 0.250 e. The predicted octanol–water partition coefficient (Wildman–Crippen LogP) is 1.68. The van der Waals surface area contributed by atoms with Gasteiger partial charge in [-0.1, -0.05) is 12.1 Å². The first-order chi connectivity index (χ1) is 11.5. The number of pyridine rings is 1. The standard InChI is InChI=1S/C16H17BrN2O4S/c17-14-4-5-16(20)18(12-14)11-13-2-1-3-15(10-13)24(21,22)19-6-8-23-9-7-19/h1-5,10,12H,6-9,11H2. The number of nitrogens with zero attached hydrogens (tertiary/aromatic N) is 2. The molecule has 24 heavy (non-hydrogen) atoms. The molecule has 128 valence electrons. The summed E-state index contributed by atoms with van der Waals surface area (Å²) in [7, 11) is -3.54. The number of rotatable bonds is 4. The van der Waals surface area contributed by atoms with Crippen LogP contribution in [0, 0.1) is 0 Å². The molecule has 2 aromatic rings.